The van der Waals surface area contributed by atoms with Crippen molar-refractivity contribution >= 4 is 17.4 Å². The summed E-state index contributed by atoms with van der Waals surface area (Å²) in [5.41, 5.74) is 0.819. The molecular formula is C30H38N2O7. The maximum atomic E-state index is 13.9. The molecule has 1 N–H and O–H groups in total. The third-order valence-electron chi connectivity index (χ3n) is 6.75. The highest BCUT2D eigenvalue weighted by Crippen LogP contribution is 2.42. The molecule has 39 heavy (non-hydrogen) atoms. The van der Waals surface area contributed by atoms with Crippen LogP contribution >= 0.6 is 0 Å². The fourth-order valence-corrected chi connectivity index (χ4v) is 4.80. The summed E-state index contributed by atoms with van der Waals surface area (Å²) in [6.07, 6.45) is 2.58. The Balaban J connectivity index is 1.78. The van der Waals surface area contributed by atoms with Gasteiger partial charge in [-0.15, -0.1) is 0 Å². The van der Waals surface area contributed by atoms with E-state index in [4.69, 9.17) is 18.9 Å². The van der Waals surface area contributed by atoms with Gasteiger partial charge in [0.2, 0.25) is 5.78 Å². The van der Waals surface area contributed by atoms with Crippen molar-refractivity contribution in [3.63, 3.8) is 0 Å². The molecule has 9 nitrogen and oxygen atoms in total. The van der Waals surface area contributed by atoms with E-state index in [9.17, 15) is 14.7 Å². The number of hydrogen-bond donors (Lipinski definition) is 1. The minimum atomic E-state index is -0.841. The first-order chi connectivity index (χ1) is 18.8. The van der Waals surface area contributed by atoms with Crippen molar-refractivity contribution in [1.29, 1.82) is 0 Å². The van der Waals surface area contributed by atoms with Gasteiger partial charge in [-0.1, -0.05) is 31.2 Å². The van der Waals surface area contributed by atoms with Gasteiger partial charge in [0.05, 0.1) is 39.9 Å². The van der Waals surface area contributed by atoms with E-state index in [-0.39, 0.29) is 11.1 Å². The minimum Gasteiger partial charge on any atom is -0.872 e. The lowest BCUT2D eigenvalue weighted by Crippen LogP contribution is -3.05. The number of likely N-dealkylation sites (tertiary alicyclic amines) is 1. The van der Waals surface area contributed by atoms with Crippen molar-refractivity contribution in [2.24, 2.45) is 0 Å². The van der Waals surface area contributed by atoms with Crippen LogP contribution in [-0.4, -0.2) is 70.2 Å². The second kappa shape index (κ2) is 12.9. The Labute approximate surface area is 229 Å². The zero-order chi connectivity index (χ0) is 27.9. The number of quaternary nitrogens is 1. The molecule has 9 heteroatoms. The van der Waals surface area contributed by atoms with E-state index in [1.807, 2.05) is 27.1 Å². The SMILES string of the molecule is CCCCOc1ccc(C2/C(=C(\[O-])c3ccc4c(c3)OCCO4)C(=O)C(=O)N2CCC[NH+](C)C)cc1OCC. The van der Waals surface area contributed by atoms with Gasteiger partial charge in [-0.05, 0) is 48.7 Å². The molecule has 2 aromatic carbocycles. The van der Waals surface area contributed by atoms with Crippen molar-refractivity contribution in [2.75, 3.05) is 53.6 Å². The Morgan fingerprint density at radius 2 is 1.77 bits per heavy atom. The highest BCUT2D eigenvalue weighted by molar-refractivity contribution is 6.46. The van der Waals surface area contributed by atoms with Gasteiger partial charge in [-0.25, -0.2) is 0 Å². The summed E-state index contributed by atoms with van der Waals surface area (Å²) in [6, 6.07) is 9.37. The zero-order valence-corrected chi connectivity index (χ0v) is 23.2. The zero-order valence-electron chi connectivity index (χ0n) is 23.2. The van der Waals surface area contributed by atoms with Crippen molar-refractivity contribution in [1.82, 2.24) is 4.90 Å². The van der Waals surface area contributed by atoms with E-state index >= 15 is 0 Å². The van der Waals surface area contributed by atoms with Gasteiger partial charge in [0.1, 0.15) is 13.2 Å². The molecule has 0 bridgehead atoms. The van der Waals surface area contributed by atoms with Gasteiger partial charge in [0.15, 0.2) is 23.0 Å². The van der Waals surface area contributed by atoms with E-state index in [1.165, 1.54) is 9.80 Å². The minimum absolute atomic E-state index is 0.0732. The number of ether oxygens (including phenoxy) is 4. The molecule has 1 atom stereocenters. The largest absolute Gasteiger partial charge is 0.872 e. The van der Waals surface area contributed by atoms with Gasteiger partial charge in [-0.3, -0.25) is 9.59 Å². The van der Waals surface area contributed by atoms with Crippen LogP contribution in [0.4, 0.5) is 0 Å². The number of nitrogens with zero attached hydrogens (tertiary/aromatic N) is 1. The van der Waals surface area contributed by atoms with E-state index in [0.717, 1.165) is 19.4 Å². The molecule has 2 aliphatic heterocycles. The second-order valence-corrected chi connectivity index (χ2v) is 9.98. The Kier molecular flexibility index (Phi) is 9.35. The van der Waals surface area contributed by atoms with Gasteiger partial charge in [-0.2, -0.15) is 0 Å². The first kappa shape index (κ1) is 28.3. The molecule has 0 aromatic heterocycles. The highest BCUT2D eigenvalue weighted by Gasteiger charge is 2.44. The molecular weight excluding hydrogens is 500 g/mol. The summed E-state index contributed by atoms with van der Waals surface area (Å²) in [5, 5.41) is 13.9. The van der Waals surface area contributed by atoms with Crippen molar-refractivity contribution in [3.05, 3.63) is 53.1 Å². The van der Waals surface area contributed by atoms with Crippen LogP contribution in [0.3, 0.4) is 0 Å². The van der Waals surface area contributed by atoms with Crippen LogP contribution in [0.15, 0.2) is 42.0 Å². The Morgan fingerprint density at radius 1 is 1.00 bits per heavy atom. The first-order valence-corrected chi connectivity index (χ1v) is 13.7. The number of nitrogens with one attached hydrogen (secondary N) is 1. The average molecular weight is 539 g/mol. The summed E-state index contributed by atoms with van der Waals surface area (Å²) in [7, 11) is 4.06. The number of ketones is 1. The molecule has 0 radical (unpaired) electrons. The molecule has 1 saturated heterocycles. The predicted molar refractivity (Wildman–Crippen MR) is 144 cm³/mol. The molecule has 0 spiro atoms. The van der Waals surface area contributed by atoms with Gasteiger partial charge >= 0.3 is 0 Å². The quantitative estimate of drug-likeness (QED) is 0.190. The smallest absolute Gasteiger partial charge is 0.295 e. The predicted octanol–water partition coefficient (Wildman–Crippen LogP) is 1.79. The number of hydrogen-bond acceptors (Lipinski definition) is 7. The van der Waals surface area contributed by atoms with Crippen LogP contribution in [-0.2, 0) is 9.59 Å². The summed E-state index contributed by atoms with van der Waals surface area (Å²) in [6.45, 7) is 6.89. The van der Waals surface area contributed by atoms with Crippen LogP contribution < -0.4 is 29.0 Å². The van der Waals surface area contributed by atoms with Crippen LogP contribution in [0.25, 0.3) is 5.76 Å². The van der Waals surface area contributed by atoms with Gasteiger partial charge in [0, 0.05) is 18.5 Å². The van der Waals surface area contributed by atoms with Crippen molar-refractivity contribution in [2.45, 2.75) is 39.2 Å². The van der Waals surface area contributed by atoms with Crippen LogP contribution in [0.2, 0.25) is 0 Å². The third-order valence-corrected chi connectivity index (χ3v) is 6.75. The van der Waals surface area contributed by atoms with Crippen LogP contribution in [0.1, 0.15) is 50.3 Å². The highest BCUT2D eigenvalue weighted by atomic mass is 16.6. The fourth-order valence-electron chi connectivity index (χ4n) is 4.80. The number of rotatable bonds is 12. The van der Waals surface area contributed by atoms with Crippen LogP contribution in [0, 0.1) is 0 Å². The van der Waals surface area contributed by atoms with Crippen molar-refractivity contribution in [3.8, 4) is 23.0 Å². The lowest BCUT2D eigenvalue weighted by molar-refractivity contribution is -0.858. The first-order valence-electron chi connectivity index (χ1n) is 13.7. The number of benzene rings is 2. The summed E-state index contributed by atoms with van der Waals surface area (Å²) in [4.78, 5) is 29.4. The molecule has 2 heterocycles. The number of unbranched alkanes of at least 4 members (excludes halogenated alkanes) is 1. The Morgan fingerprint density at radius 3 is 2.49 bits per heavy atom. The molecule has 2 aromatic rings. The molecule has 2 aliphatic rings. The normalized spacial score (nSPS) is 18.1. The van der Waals surface area contributed by atoms with E-state index in [2.05, 4.69) is 6.92 Å². The number of carbonyl (C=O) groups excluding carboxylic acids is 2. The summed E-state index contributed by atoms with van der Waals surface area (Å²) < 4.78 is 23.0. The van der Waals surface area contributed by atoms with E-state index in [0.29, 0.717) is 68.0 Å². The molecule has 210 valence electrons. The fraction of sp³-hybridized carbons (Fsp3) is 0.467. The molecule has 1 unspecified atom stereocenters. The maximum absolute atomic E-state index is 13.9. The Hall–Kier alpha value is -3.72. The van der Waals surface area contributed by atoms with Gasteiger partial charge < -0.3 is 33.9 Å². The topological polar surface area (TPSA) is 102 Å². The molecule has 0 saturated carbocycles. The third kappa shape index (κ3) is 6.30. The summed E-state index contributed by atoms with van der Waals surface area (Å²) >= 11 is 0. The second-order valence-electron chi connectivity index (χ2n) is 9.98. The number of fused-ring (bicyclic) bond motifs is 1. The number of amides is 1. The Bertz CT molecular complexity index is 1220. The molecule has 0 aliphatic carbocycles. The maximum Gasteiger partial charge on any atom is 0.295 e. The lowest BCUT2D eigenvalue weighted by atomic mass is 9.94. The van der Waals surface area contributed by atoms with Gasteiger partial charge in [0.25, 0.3) is 5.91 Å². The number of carbonyl (C=O) groups is 2. The van der Waals surface area contributed by atoms with Crippen molar-refractivity contribution < 1.29 is 38.5 Å². The standard InChI is InChI=1S/C30H38N2O7/c1-5-7-15-37-22-11-9-20(18-24(22)36-6-2)27-26(29(34)30(35)32(27)14-8-13-31(3)4)28(33)21-10-12-23-25(19-21)39-17-16-38-23/h9-12,18-19,27,33H,5-8,13-17H2,1-4H3/b28-26+. The summed E-state index contributed by atoms with van der Waals surface area (Å²) in [5.74, 6) is 0.139. The molecule has 1 amide bonds. The van der Waals surface area contributed by atoms with E-state index < -0.39 is 23.5 Å². The monoisotopic (exact) mass is 538 g/mol. The number of Topliss-reactive ketones (excluding diaryl/α,β-unsaturated/α-hetero) is 1. The average Bonchev–Trinajstić information content (AvgIpc) is 3.18. The van der Waals surface area contributed by atoms with Crippen LogP contribution in [0.5, 0.6) is 23.0 Å². The van der Waals surface area contributed by atoms with E-state index in [1.54, 1.807) is 30.3 Å². The molecule has 4 rings (SSSR count). The molecule has 1 fully saturated rings. The lowest BCUT2D eigenvalue weighted by Gasteiger charge is -2.28.